The Morgan fingerprint density at radius 1 is 0.864 bits per heavy atom. The molecule has 0 fully saturated rings. The molecule has 0 aliphatic rings. The quantitative estimate of drug-likeness (QED) is 0.103. The van der Waals surface area contributed by atoms with Crippen molar-refractivity contribution in [1.29, 1.82) is 5.26 Å². The maximum absolute atomic E-state index is 12.8. The van der Waals surface area contributed by atoms with E-state index in [0.29, 0.717) is 22.0 Å². The van der Waals surface area contributed by atoms with E-state index in [1.54, 1.807) is 28.4 Å². The van der Waals surface area contributed by atoms with E-state index in [-0.39, 0.29) is 22.2 Å². The number of rotatable bonds is 16. The molecule has 1 atom stereocenters. The summed E-state index contributed by atoms with van der Waals surface area (Å²) >= 11 is 11.6. The number of hydrogen-bond acceptors (Lipinski definition) is 9. The monoisotopic (exact) mass is 858 g/mol. The number of amides is 1. The van der Waals surface area contributed by atoms with Gasteiger partial charge in [-0.1, -0.05) is 49.2 Å². The molecule has 0 saturated carbocycles. The number of carbonyl (C=O) groups excluding carboxylic acids is 1. The molecule has 0 saturated heterocycles. The number of nitrogens with one attached hydrogen (secondary N) is 1. The van der Waals surface area contributed by atoms with Crippen molar-refractivity contribution in [3.8, 4) is 29.1 Å². The zero-order valence-corrected chi connectivity index (χ0v) is 35.3. The molecular formula is C43H47Cl2F3N4O7. The van der Waals surface area contributed by atoms with Crippen molar-refractivity contribution in [2.45, 2.75) is 51.2 Å². The second-order valence-electron chi connectivity index (χ2n) is 14.0. The lowest BCUT2D eigenvalue weighted by Gasteiger charge is -2.32. The minimum atomic E-state index is -4.58. The number of ether oxygens (including phenoxy) is 4. The lowest BCUT2D eigenvalue weighted by atomic mass is 9.69. The van der Waals surface area contributed by atoms with Crippen LogP contribution in [-0.2, 0) is 29.4 Å². The van der Waals surface area contributed by atoms with Crippen molar-refractivity contribution < 1.29 is 41.3 Å². The van der Waals surface area contributed by atoms with Gasteiger partial charge in [-0.25, -0.2) is 4.79 Å². The number of aromatic nitrogens is 1. The van der Waals surface area contributed by atoms with Gasteiger partial charge in [0.2, 0.25) is 5.91 Å². The highest BCUT2D eigenvalue weighted by atomic mass is 35.5. The number of hydrogen-bond donors (Lipinski definition) is 1. The Balaban J connectivity index is 0.000000267. The molecule has 1 heterocycles. The predicted molar refractivity (Wildman–Crippen MR) is 222 cm³/mol. The molecule has 0 bridgehead atoms. The van der Waals surface area contributed by atoms with Crippen LogP contribution in [0.5, 0.6) is 23.0 Å². The standard InChI is InChI=1S/C27H38N2O4.C16H9Cl2F3N2O3/c1-20(2)27(19-28,22-10-12-24(31-5)26(18-22)33-7)14-8-15-29(3)16-13-21-9-11-23(30-4)25(17-21)32-6;17-9-2-4-12-13(6-9)26-15(25)23(12)7-14(24)22-11-5-8(16(19,20)21)1-3-10(11)18/h9-12,17-18,20H,8,13-16H2,1-7H3;1-6H,7H2,(H,22,24). The second-order valence-corrected chi connectivity index (χ2v) is 14.8. The summed E-state index contributed by atoms with van der Waals surface area (Å²) in [6.45, 7) is 5.59. The van der Waals surface area contributed by atoms with Gasteiger partial charge >= 0.3 is 11.9 Å². The number of carbonyl (C=O) groups is 1. The van der Waals surface area contributed by atoms with Crippen molar-refractivity contribution >= 4 is 45.9 Å². The zero-order chi connectivity index (χ0) is 43.5. The first-order chi connectivity index (χ1) is 28.0. The Morgan fingerprint density at radius 2 is 1.49 bits per heavy atom. The summed E-state index contributed by atoms with van der Waals surface area (Å²) in [7, 11) is 8.67. The highest BCUT2D eigenvalue weighted by Gasteiger charge is 2.36. The lowest BCUT2D eigenvalue weighted by molar-refractivity contribution is -0.137. The molecule has 5 rings (SSSR count). The van der Waals surface area contributed by atoms with Gasteiger partial charge in [0.15, 0.2) is 28.6 Å². The maximum atomic E-state index is 12.8. The van der Waals surface area contributed by atoms with E-state index in [9.17, 15) is 28.0 Å². The summed E-state index contributed by atoms with van der Waals surface area (Å²) in [6.07, 6.45) is -1.97. The first-order valence-corrected chi connectivity index (χ1v) is 19.2. The third-order valence-electron chi connectivity index (χ3n) is 9.92. The average molecular weight is 860 g/mol. The summed E-state index contributed by atoms with van der Waals surface area (Å²) in [5, 5.41) is 12.8. The largest absolute Gasteiger partial charge is 0.493 e. The van der Waals surface area contributed by atoms with E-state index in [4.69, 9.17) is 46.6 Å². The Hall–Kier alpha value is -5.36. The molecule has 0 spiro atoms. The van der Waals surface area contributed by atoms with Crippen molar-refractivity contribution in [2.75, 3.05) is 53.9 Å². The molecule has 16 heteroatoms. The van der Waals surface area contributed by atoms with Gasteiger partial charge in [-0.05, 0) is 104 Å². The number of nitriles is 1. The molecule has 5 aromatic rings. The maximum Gasteiger partial charge on any atom is 0.420 e. The van der Waals surface area contributed by atoms with E-state index in [0.717, 1.165) is 72.2 Å². The van der Waals surface area contributed by atoms with Crippen LogP contribution in [-0.4, -0.2) is 64.0 Å². The number of benzene rings is 4. The van der Waals surface area contributed by atoms with Gasteiger partial charge in [-0.3, -0.25) is 9.36 Å². The fourth-order valence-electron chi connectivity index (χ4n) is 6.55. The SMILES string of the molecule is COc1ccc(CCN(C)CCCC(C#N)(c2ccc(OC)c(OC)c2)C(C)C)cc1OC.O=C(Cn1c(=O)oc2cc(Cl)ccc21)Nc1cc(C(F)(F)F)ccc1Cl. The first-order valence-electron chi connectivity index (χ1n) is 18.5. The molecule has 0 aliphatic carbocycles. The smallest absolute Gasteiger partial charge is 0.420 e. The number of halogens is 5. The van der Waals surface area contributed by atoms with Gasteiger partial charge in [0, 0.05) is 17.6 Å². The number of oxazole rings is 1. The van der Waals surface area contributed by atoms with Crippen LogP contribution in [0, 0.1) is 17.2 Å². The fraction of sp³-hybridized carbons (Fsp3) is 0.372. The van der Waals surface area contributed by atoms with Crippen molar-refractivity contribution in [1.82, 2.24) is 9.47 Å². The normalized spacial score (nSPS) is 12.4. The van der Waals surface area contributed by atoms with E-state index in [1.807, 2.05) is 30.3 Å². The first kappa shape index (κ1) is 46.3. The molecule has 11 nitrogen and oxygen atoms in total. The Bertz CT molecular complexity index is 2320. The molecule has 0 radical (unpaired) electrons. The third kappa shape index (κ3) is 11.7. The number of likely N-dealkylation sites (N-methyl/N-ethyl adjacent to an activating group) is 1. The van der Waals surface area contributed by atoms with Crippen LogP contribution in [0.15, 0.2) is 82.0 Å². The van der Waals surface area contributed by atoms with Crippen LogP contribution in [0.3, 0.4) is 0 Å². The molecule has 59 heavy (non-hydrogen) atoms. The summed E-state index contributed by atoms with van der Waals surface area (Å²) in [6, 6.07) is 21.5. The summed E-state index contributed by atoms with van der Waals surface area (Å²) < 4.78 is 65.9. The number of methoxy groups -OCH3 is 4. The molecule has 1 N–H and O–H groups in total. The molecule has 1 unspecified atom stereocenters. The predicted octanol–water partition coefficient (Wildman–Crippen LogP) is 9.65. The van der Waals surface area contributed by atoms with Crippen LogP contribution in [0.4, 0.5) is 18.9 Å². The Morgan fingerprint density at radius 3 is 2.10 bits per heavy atom. The minimum Gasteiger partial charge on any atom is -0.493 e. The van der Waals surface area contributed by atoms with E-state index in [2.05, 4.69) is 43.2 Å². The number of nitrogens with zero attached hydrogens (tertiary/aromatic N) is 3. The Labute approximate surface area is 351 Å². The fourth-order valence-corrected chi connectivity index (χ4v) is 6.87. The third-order valence-corrected chi connectivity index (χ3v) is 10.5. The van der Waals surface area contributed by atoms with E-state index in [1.165, 1.54) is 23.8 Å². The van der Waals surface area contributed by atoms with Crippen LogP contribution in [0.1, 0.15) is 43.4 Å². The van der Waals surface area contributed by atoms with Gasteiger partial charge in [0.25, 0.3) is 0 Å². The number of anilines is 1. The summed E-state index contributed by atoms with van der Waals surface area (Å²) in [4.78, 5) is 26.4. The summed E-state index contributed by atoms with van der Waals surface area (Å²) in [5.41, 5.74) is 0.943. The van der Waals surface area contributed by atoms with Gasteiger partial charge in [0.05, 0.1) is 61.7 Å². The second kappa shape index (κ2) is 20.6. The van der Waals surface area contributed by atoms with Crippen molar-refractivity contribution in [2.24, 2.45) is 5.92 Å². The summed E-state index contributed by atoms with van der Waals surface area (Å²) in [5.74, 6) is 1.44. The highest BCUT2D eigenvalue weighted by Crippen LogP contribution is 2.40. The van der Waals surface area contributed by atoms with E-state index >= 15 is 0 Å². The topological polar surface area (TPSA) is 128 Å². The van der Waals surface area contributed by atoms with Crippen LogP contribution < -0.4 is 30.0 Å². The Kier molecular flexibility index (Phi) is 16.1. The number of alkyl halides is 3. The van der Waals surface area contributed by atoms with Crippen LogP contribution in [0.25, 0.3) is 11.1 Å². The van der Waals surface area contributed by atoms with Crippen molar-refractivity contribution in [3.63, 3.8) is 0 Å². The van der Waals surface area contributed by atoms with Gasteiger partial charge in [0.1, 0.15) is 6.54 Å². The zero-order valence-electron chi connectivity index (χ0n) is 33.8. The molecular weight excluding hydrogens is 812 g/mol. The molecule has 0 aliphatic heterocycles. The number of fused-ring (bicyclic) bond motifs is 1. The van der Waals surface area contributed by atoms with Crippen molar-refractivity contribution in [3.05, 3.63) is 110 Å². The molecule has 4 aromatic carbocycles. The van der Waals surface area contributed by atoms with Crippen LogP contribution >= 0.6 is 23.2 Å². The molecule has 316 valence electrons. The van der Waals surface area contributed by atoms with Gasteiger partial charge in [-0.15, -0.1) is 0 Å². The molecule has 1 amide bonds. The van der Waals surface area contributed by atoms with Crippen LogP contribution in [0.2, 0.25) is 10.0 Å². The van der Waals surface area contributed by atoms with E-state index < -0.39 is 35.4 Å². The average Bonchev–Trinajstić information content (AvgIpc) is 3.51. The lowest BCUT2D eigenvalue weighted by Crippen LogP contribution is -2.32. The van der Waals surface area contributed by atoms with Gasteiger partial charge < -0.3 is 33.6 Å². The minimum absolute atomic E-state index is 0.0671. The molecule has 1 aromatic heterocycles. The highest BCUT2D eigenvalue weighted by molar-refractivity contribution is 6.33. The van der Waals surface area contributed by atoms with Gasteiger partial charge in [-0.2, -0.15) is 18.4 Å².